The van der Waals surface area contributed by atoms with E-state index in [-0.39, 0.29) is 16.5 Å². The monoisotopic (exact) mass is 357 g/mol. The molecule has 0 fully saturated rings. The van der Waals surface area contributed by atoms with Crippen molar-refractivity contribution >= 4 is 23.5 Å². The molecule has 1 aromatic rings. The molecular weight excluding hydrogens is 334 g/mol. The summed E-state index contributed by atoms with van der Waals surface area (Å²) in [5, 5.41) is 12.0. The molecule has 24 heavy (non-hydrogen) atoms. The Bertz CT molecular complexity index is 589. The normalized spacial score (nSPS) is 11.9. The van der Waals surface area contributed by atoms with Crippen LogP contribution in [0.4, 0.5) is 0 Å². The molecule has 0 unspecified atom stereocenters. The zero-order valence-electron chi connectivity index (χ0n) is 14.4. The minimum absolute atomic E-state index is 0.134. The van der Waals surface area contributed by atoms with Crippen LogP contribution in [0.2, 0.25) is 5.02 Å². The largest absolute Gasteiger partial charge is 0.493 e. The van der Waals surface area contributed by atoms with Crippen LogP contribution in [-0.2, 0) is 4.79 Å². The summed E-state index contributed by atoms with van der Waals surface area (Å²) in [5.74, 6) is -0.760. The number of hydrogen-bond acceptors (Lipinski definition) is 4. The molecule has 6 nitrogen and oxygen atoms in total. The standard InChI is InChI=1S/C17H24ClNO5/c1-5-6-24-15-12(18)8-11(9-14(15)23-4)16(20)19-13(17(21)22)7-10(2)3/h8-10,13H,5-7H2,1-4H3,(H,19,20)(H,21,22)/t13-/m0/s1. The average Bonchev–Trinajstić information content (AvgIpc) is 2.51. The van der Waals surface area contributed by atoms with Gasteiger partial charge < -0.3 is 19.9 Å². The van der Waals surface area contributed by atoms with Crippen molar-refractivity contribution in [3.8, 4) is 11.5 Å². The molecule has 0 aliphatic heterocycles. The number of benzene rings is 1. The maximum absolute atomic E-state index is 12.4. The Morgan fingerprint density at radius 3 is 2.50 bits per heavy atom. The van der Waals surface area contributed by atoms with Crippen molar-refractivity contribution in [1.29, 1.82) is 0 Å². The molecule has 0 radical (unpaired) electrons. The molecule has 0 bridgehead atoms. The molecule has 7 heteroatoms. The lowest BCUT2D eigenvalue weighted by molar-refractivity contribution is -0.139. The molecule has 0 saturated heterocycles. The first-order chi connectivity index (χ1) is 11.3. The van der Waals surface area contributed by atoms with Crippen molar-refractivity contribution in [2.24, 2.45) is 5.92 Å². The molecule has 0 spiro atoms. The first kappa shape index (κ1) is 20.1. The number of amides is 1. The van der Waals surface area contributed by atoms with Gasteiger partial charge in [-0.25, -0.2) is 4.79 Å². The molecule has 0 aliphatic carbocycles. The Labute approximate surface area is 147 Å². The molecule has 2 N–H and O–H groups in total. The highest BCUT2D eigenvalue weighted by molar-refractivity contribution is 6.32. The van der Waals surface area contributed by atoms with Gasteiger partial charge in [0.15, 0.2) is 11.5 Å². The van der Waals surface area contributed by atoms with E-state index in [1.54, 1.807) is 0 Å². The quantitative estimate of drug-likeness (QED) is 0.707. The van der Waals surface area contributed by atoms with Crippen molar-refractivity contribution in [3.05, 3.63) is 22.7 Å². The fourth-order valence-electron chi connectivity index (χ4n) is 2.13. The number of rotatable bonds is 9. The highest BCUT2D eigenvalue weighted by atomic mass is 35.5. The van der Waals surface area contributed by atoms with Crippen LogP contribution in [0.3, 0.4) is 0 Å². The molecule has 0 heterocycles. The summed E-state index contributed by atoms with van der Waals surface area (Å²) >= 11 is 6.18. The minimum Gasteiger partial charge on any atom is -0.493 e. The van der Waals surface area contributed by atoms with E-state index >= 15 is 0 Å². The number of hydrogen-bond donors (Lipinski definition) is 2. The summed E-state index contributed by atoms with van der Waals surface area (Å²) in [6, 6.07) is 1.97. The van der Waals surface area contributed by atoms with Crippen molar-refractivity contribution < 1.29 is 24.2 Å². The van der Waals surface area contributed by atoms with Crippen LogP contribution in [0.25, 0.3) is 0 Å². The molecule has 0 saturated carbocycles. The predicted octanol–water partition coefficient (Wildman–Crippen LogP) is 3.37. The smallest absolute Gasteiger partial charge is 0.326 e. The summed E-state index contributed by atoms with van der Waals surface area (Å²) in [6.07, 6.45) is 1.14. The lowest BCUT2D eigenvalue weighted by Gasteiger charge is -2.18. The van der Waals surface area contributed by atoms with E-state index in [4.69, 9.17) is 21.1 Å². The molecule has 1 atom stereocenters. The average molecular weight is 358 g/mol. The van der Waals surface area contributed by atoms with E-state index in [1.807, 2.05) is 20.8 Å². The van der Waals surface area contributed by atoms with Gasteiger partial charge in [-0.1, -0.05) is 32.4 Å². The van der Waals surface area contributed by atoms with Crippen LogP contribution in [0.15, 0.2) is 12.1 Å². The van der Waals surface area contributed by atoms with Crippen molar-refractivity contribution in [3.63, 3.8) is 0 Å². The van der Waals surface area contributed by atoms with Gasteiger partial charge in [0.1, 0.15) is 6.04 Å². The van der Waals surface area contributed by atoms with Gasteiger partial charge in [-0.2, -0.15) is 0 Å². The summed E-state index contributed by atoms with van der Waals surface area (Å²) in [7, 11) is 1.45. The van der Waals surface area contributed by atoms with Gasteiger partial charge in [-0.3, -0.25) is 4.79 Å². The zero-order chi connectivity index (χ0) is 18.3. The lowest BCUT2D eigenvalue weighted by atomic mass is 10.0. The Hall–Kier alpha value is -1.95. The molecular formula is C17H24ClNO5. The van der Waals surface area contributed by atoms with Crippen LogP contribution >= 0.6 is 11.6 Å². The fourth-order valence-corrected chi connectivity index (χ4v) is 2.39. The Balaban J connectivity index is 3.02. The number of aliphatic carboxylic acids is 1. The second-order valence-electron chi connectivity index (χ2n) is 5.83. The van der Waals surface area contributed by atoms with Crippen molar-refractivity contribution in [2.75, 3.05) is 13.7 Å². The number of carboxylic acids is 1. The Kier molecular flexibility index (Phi) is 7.85. The SMILES string of the molecule is CCCOc1c(Cl)cc(C(=O)N[C@@H](CC(C)C)C(=O)O)cc1OC. The summed E-state index contributed by atoms with van der Waals surface area (Å²) < 4.78 is 10.8. The van der Waals surface area contributed by atoms with Gasteiger partial charge in [0, 0.05) is 5.56 Å². The first-order valence-electron chi connectivity index (χ1n) is 7.84. The molecule has 0 aliphatic rings. The van der Waals surface area contributed by atoms with Crippen LogP contribution in [0.1, 0.15) is 44.0 Å². The number of carboxylic acid groups (broad SMARTS) is 1. The number of ether oxygens (including phenoxy) is 2. The van der Waals surface area contributed by atoms with E-state index in [9.17, 15) is 14.7 Å². The zero-order valence-corrected chi connectivity index (χ0v) is 15.1. The first-order valence-corrected chi connectivity index (χ1v) is 8.21. The topological polar surface area (TPSA) is 84.9 Å². The van der Waals surface area contributed by atoms with E-state index in [0.717, 1.165) is 6.42 Å². The third kappa shape index (κ3) is 5.60. The maximum Gasteiger partial charge on any atom is 0.326 e. The highest BCUT2D eigenvalue weighted by Crippen LogP contribution is 2.36. The van der Waals surface area contributed by atoms with Crippen molar-refractivity contribution in [2.45, 2.75) is 39.7 Å². The molecule has 134 valence electrons. The Morgan fingerprint density at radius 2 is 2.00 bits per heavy atom. The highest BCUT2D eigenvalue weighted by Gasteiger charge is 2.23. The third-order valence-electron chi connectivity index (χ3n) is 3.25. The Morgan fingerprint density at radius 1 is 1.33 bits per heavy atom. The van der Waals surface area contributed by atoms with Gasteiger partial charge >= 0.3 is 5.97 Å². The van der Waals surface area contributed by atoms with Crippen LogP contribution < -0.4 is 14.8 Å². The number of methoxy groups -OCH3 is 1. The van der Waals surface area contributed by atoms with E-state index in [2.05, 4.69) is 5.32 Å². The van der Waals surface area contributed by atoms with E-state index in [0.29, 0.717) is 24.5 Å². The maximum atomic E-state index is 12.4. The van der Waals surface area contributed by atoms with E-state index < -0.39 is 17.9 Å². The van der Waals surface area contributed by atoms with Crippen molar-refractivity contribution in [1.82, 2.24) is 5.32 Å². The third-order valence-corrected chi connectivity index (χ3v) is 3.53. The fraction of sp³-hybridized carbons (Fsp3) is 0.529. The van der Waals surface area contributed by atoms with Crippen LogP contribution in [-0.4, -0.2) is 36.7 Å². The molecule has 0 aromatic heterocycles. The van der Waals surface area contributed by atoms with Gasteiger partial charge in [-0.15, -0.1) is 0 Å². The van der Waals surface area contributed by atoms with E-state index in [1.165, 1.54) is 19.2 Å². The number of halogens is 1. The summed E-state index contributed by atoms with van der Waals surface area (Å²) in [4.78, 5) is 23.6. The minimum atomic E-state index is -1.07. The van der Waals surface area contributed by atoms with Gasteiger partial charge in [0.05, 0.1) is 18.7 Å². The second-order valence-corrected chi connectivity index (χ2v) is 6.24. The number of nitrogens with one attached hydrogen (secondary N) is 1. The van der Waals surface area contributed by atoms with Gasteiger partial charge in [-0.05, 0) is 30.9 Å². The van der Waals surface area contributed by atoms with Crippen LogP contribution in [0.5, 0.6) is 11.5 Å². The van der Waals surface area contributed by atoms with Gasteiger partial charge in [0.2, 0.25) is 0 Å². The number of carbonyl (C=O) groups is 2. The number of carbonyl (C=O) groups excluding carboxylic acids is 1. The van der Waals surface area contributed by atoms with Gasteiger partial charge in [0.25, 0.3) is 5.91 Å². The molecule has 1 amide bonds. The summed E-state index contributed by atoms with van der Waals surface area (Å²) in [5.41, 5.74) is 0.218. The van der Waals surface area contributed by atoms with Crippen LogP contribution in [0, 0.1) is 5.92 Å². The molecule has 1 rings (SSSR count). The second kappa shape index (κ2) is 9.37. The lowest BCUT2D eigenvalue weighted by Crippen LogP contribution is -2.41. The predicted molar refractivity (Wildman–Crippen MR) is 92.1 cm³/mol. The summed E-state index contributed by atoms with van der Waals surface area (Å²) in [6.45, 7) is 6.21. The molecule has 1 aromatic carbocycles.